The van der Waals surface area contributed by atoms with Crippen LogP contribution in [0, 0.1) is 5.82 Å². The summed E-state index contributed by atoms with van der Waals surface area (Å²) in [5.41, 5.74) is -0.412. The number of nitrogens with zero attached hydrogens (tertiary/aromatic N) is 1. The van der Waals surface area contributed by atoms with Gasteiger partial charge < -0.3 is 10.1 Å². The first-order chi connectivity index (χ1) is 13.9. The number of nitrogens with one attached hydrogen (secondary N) is 1. The summed E-state index contributed by atoms with van der Waals surface area (Å²) in [5, 5.41) is 2.76. The highest BCUT2D eigenvalue weighted by atomic mass is 19.1. The average molecular weight is 398 g/mol. The molecule has 1 aliphatic rings. The third kappa shape index (κ3) is 3.99. The van der Waals surface area contributed by atoms with Gasteiger partial charge in [-0.25, -0.2) is 9.18 Å². The minimum absolute atomic E-state index is 0.360. The molecule has 1 fully saturated rings. The molecule has 152 valence electrons. The number of ketones is 1. The smallest absolute Gasteiger partial charge is 0.325 e. The third-order valence-corrected chi connectivity index (χ3v) is 5.13. The Morgan fingerprint density at radius 1 is 1.10 bits per heavy atom. The van der Waals surface area contributed by atoms with Crippen molar-refractivity contribution in [2.75, 3.05) is 13.7 Å². The lowest BCUT2D eigenvalue weighted by Gasteiger charge is -2.27. The van der Waals surface area contributed by atoms with Gasteiger partial charge in [-0.15, -0.1) is 0 Å². The Bertz CT molecular complexity index is 911. The normalized spacial score (nSPS) is 18.7. The van der Waals surface area contributed by atoms with Crippen LogP contribution in [0.4, 0.5) is 9.18 Å². The number of carbonyl (C=O) groups is 3. The van der Waals surface area contributed by atoms with Gasteiger partial charge in [-0.2, -0.15) is 0 Å². The van der Waals surface area contributed by atoms with E-state index in [1.54, 1.807) is 24.3 Å². The molecule has 0 aliphatic carbocycles. The van der Waals surface area contributed by atoms with Crippen LogP contribution in [-0.4, -0.2) is 36.3 Å². The quantitative estimate of drug-likeness (QED) is 0.544. The maximum Gasteiger partial charge on any atom is 0.325 e. The molecule has 1 aliphatic heterocycles. The molecular formula is C22H23FN2O4. The summed E-state index contributed by atoms with van der Waals surface area (Å²) in [4.78, 5) is 39.5. The highest BCUT2D eigenvalue weighted by Crippen LogP contribution is 2.34. The van der Waals surface area contributed by atoms with Crippen molar-refractivity contribution in [3.8, 4) is 5.75 Å². The van der Waals surface area contributed by atoms with Crippen LogP contribution in [0.3, 0.4) is 0 Å². The summed E-state index contributed by atoms with van der Waals surface area (Å²) in [5.74, 6) is -0.680. The number of hydrogen-bond acceptors (Lipinski definition) is 4. The van der Waals surface area contributed by atoms with Crippen molar-refractivity contribution >= 4 is 17.7 Å². The molecule has 0 unspecified atom stereocenters. The lowest BCUT2D eigenvalue weighted by atomic mass is 9.84. The number of carbonyl (C=O) groups excluding carboxylic acids is 3. The molecule has 0 radical (unpaired) electrons. The number of amides is 3. The fourth-order valence-corrected chi connectivity index (χ4v) is 3.47. The maximum absolute atomic E-state index is 13.4. The summed E-state index contributed by atoms with van der Waals surface area (Å²) in [6, 6.07) is 11.3. The van der Waals surface area contributed by atoms with Gasteiger partial charge in [0, 0.05) is 5.56 Å². The first-order valence-electron chi connectivity index (χ1n) is 9.48. The van der Waals surface area contributed by atoms with E-state index in [2.05, 4.69) is 5.32 Å². The van der Waals surface area contributed by atoms with E-state index in [0.29, 0.717) is 29.7 Å². The number of urea groups is 1. The molecular weight excluding hydrogens is 375 g/mol. The fourth-order valence-electron chi connectivity index (χ4n) is 3.47. The number of unbranched alkanes of at least 4 members (excludes halogenated alkanes) is 1. The van der Waals surface area contributed by atoms with E-state index in [4.69, 9.17) is 4.74 Å². The summed E-state index contributed by atoms with van der Waals surface area (Å²) < 4.78 is 18.5. The van der Waals surface area contributed by atoms with Gasteiger partial charge in [0.15, 0.2) is 5.78 Å². The molecule has 0 spiro atoms. The van der Waals surface area contributed by atoms with Crippen molar-refractivity contribution in [2.24, 2.45) is 0 Å². The standard InChI is InChI=1S/C22H23FN2O4/c1-3-4-13-22(16-7-9-17(23)10-8-16)20(27)25(21(28)24-22)14-19(26)15-5-11-18(29-2)12-6-15/h5-12H,3-4,13-14H2,1-2H3,(H,24,28)/t22-/m0/s1. The van der Waals surface area contributed by atoms with Gasteiger partial charge in [0.2, 0.25) is 0 Å². The zero-order chi connectivity index (χ0) is 21.0. The summed E-state index contributed by atoms with van der Waals surface area (Å²) in [6.45, 7) is 1.61. The number of methoxy groups -OCH3 is 1. The number of hydrogen-bond donors (Lipinski definition) is 1. The second kappa shape index (κ2) is 8.43. The van der Waals surface area contributed by atoms with E-state index in [1.165, 1.54) is 31.4 Å². The third-order valence-electron chi connectivity index (χ3n) is 5.13. The zero-order valence-corrected chi connectivity index (χ0v) is 16.4. The van der Waals surface area contributed by atoms with Crippen LogP contribution in [0.5, 0.6) is 5.75 Å². The van der Waals surface area contributed by atoms with E-state index >= 15 is 0 Å². The fraction of sp³-hybridized carbons (Fsp3) is 0.318. The number of benzene rings is 2. The Morgan fingerprint density at radius 2 is 1.76 bits per heavy atom. The van der Waals surface area contributed by atoms with Gasteiger partial charge in [-0.3, -0.25) is 14.5 Å². The molecule has 1 N–H and O–H groups in total. The topological polar surface area (TPSA) is 75.7 Å². The van der Waals surface area contributed by atoms with Gasteiger partial charge in [-0.05, 0) is 48.4 Å². The van der Waals surface area contributed by atoms with Crippen LogP contribution < -0.4 is 10.1 Å². The van der Waals surface area contributed by atoms with Crippen LogP contribution in [0.1, 0.15) is 42.1 Å². The predicted molar refractivity (Wildman–Crippen MR) is 105 cm³/mol. The molecule has 0 saturated carbocycles. The molecule has 1 saturated heterocycles. The lowest BCUT2D eigenvalue weighted by molar-refractivity contribution is -0.131. The van der Waals surface area contributed by atoms with Crippen molar-refractivity contribution in [3.05, 3.63) is 65.5 Å². The molecule has 1 heterocycles. The molecule has 2 aromatic carbocycles. The van der Waals surface area contributed by atoms with Crippen molar-refractivity contribution in [2.45, 2.75) is 31.7 Å². The molecule has 3 amide bonds. The summed E-state index contributed by atoms with van der Waals surface area (Å²) in [6.07, 6.45) is 1.87. The van der Waals surface area contributed by atoms with E-state index in [-0.39, 0.29) is 12.3 Å². The van der Waals surface area contributed by atoms with Gasteiger partial charge >= 0.3 is 6.03 Å². The van der Waals surface area contributed by atoms with Crippen molar-refractivity contribution in [3.63, 3.8) is 0 Å². The molecule has 0 aromatic heterocycles. The van der Waals surface area contributed by atoms with E-state index in [0.717, 1.165) is 11.3 Å². The summed E-state index contributed by atoms with van der Waals surface area (Å²) in [7, 11) is 1.52. The molecule has 3 rings (SSSR count). The summed E-state index contributed by atoms with van der Waals surface area (Å²) >= 11 is 0. The second-order valence-electron chi connectivity index (χ2n) is 6.99. The van der Waals surface area contributed by atoms with Crippen molar-refractivity contribution in [1.29, 1.82) is 0 Å². The van der Waals surface area contributed by atoms with Gasteiger partial charge in [0.25, 0.3) is 5.91 Å². The molecule has 2 aromatic rings. The van der Waals surface area contributed by atoms with Crippen molar-refractivity contribution < 1.29 is 23.5 Å². The van der Waals surface area contributed by atoms with Crippen LogP contribution in [0.15, 0.2) is 48.5 Å². The van der Waals surface area contributed by atoms with Crippen LogP contribution in [0.25, 0.3) is 0 Å². The van der Waals surface area contributed by atoms with Crippen LogP contribution in [-0.2, 0) is 10.3 Å². The largest absolute Gasteiger partial charge is 0.497 e. The molecule has 7 heteroatoms. The van der Waals surface area contributed by atoms with Crippen LogP contribution >= 0.6 is 0 Å². The Labute approximate surface area is 168 Å². The van der Waals surface area contributed by atoms with E-state index in [1.807, 2.05) is 6.92 Å². The minimum Gasteiger partial charge on any atom is -0.497 e. The second-order valence-corrected chi connectivity index (χ2v) is 6.99. The highest BCUT2D eigenvalue weighted by molar-refractivity contribution is 6.11. The SMILES string of the molecule is CCCC[C@@]1(c2ccc(F)cc2)NC(=O)N(CC(=O)c2ccc(OC)cc2)C1=O. The van der Waals surface area contributed by atoms with Gasteiger partial charge in [-0.1, -0.05) is 31.9 Å². The monoisotopic (exact) mass is 398 g/mol. The Hall–Kier alpha value is -3.22. The van der Waals surface area contributed by atoms with E-state index in [9.17, 15) is 18.8 Å². The van der Waals surface area contributed by atoms with Crippen molar-refractivity contribution in [1.82, 2.24) is 10.2 Å². The first kappa shape index (κ1) is 20.5. The molecule has 1 atom stereocenters. The maximum atomic E-state index is 13.4. The van der Waals surface area contributed by atoms with Gasteiger partial charge in [0.05, 0.1) is 13.7 Å². The molecule has 6 nitrogen and oxygen atoms in total. The first-order valence-corrected chi connectivity index (χ1v) is 9.48. The highest BCUT2D eigenvalue weighted by Gasteiger charge is 2.52. The minimum atomic E-state index is -1.29. The molecule has 29 heavy (non-hydrogen) atoms. The predicted octanol–water partition coefficient (Wildman–Crippen LogP) is 3.65. The Morgan fingerprint density at radius 3 is 2.34 bits per heavy atom. The molecule has 0 bridgehead atoms. The number of imide groups is 1. The van der Waals surface area contributed by atoms with Crippen LogP contribution in [0.2, 0.25) is 0 Å². The number of Topliss-reactive ketones (excluding diaryl/α,β-unsaturated/α-hetero) is 1. The number of ether oxygens (including phenoxy) is 1. The lowest BCUT2D eigenvalue weighted by Crippen LogP contribution is -2.44. The number of halogens is 1. The van der Waals surface area contributed by atoms with Gasteiger partial charge in [0.1, 0.15) is 17.1 Å². The Kier molecular flexibility index (Phi) is 5.96. The van der Waals surface area contributed by atoms with E-state index < -0.39 is 23.3 Å². The Balaban J connectivity index is 1.86. The zero-order valence-electron chi connectivity index (χ0n) is 16.4. The average Bonchev–Trinajstić information content (AvgIpc) is 2.97. The number of rotatable bonds is 8.